The van der Waals surface area contributed by atoms with E-state index >= 15 is 0 Å². The van der Waals surface area contributed by atoms with Gasteiger partial charge in [0.25, 0.3) is 0 Å². The summed E-state index contributed by atoms with van der Waals surface area (Å²) in [6, 6.07) is 0. The summed E-state index contributed by atoms with van der Waals surface area (Å²) in [6.45, 7) is 2.01. The second-order valence-corrected chi connectivity index (χ2v) is 2.35. The van der Waals surface area contributed by atoms with E-state index in [1.165, 1.54) is 12.3 Å². The lowest BCUT2D eigenvalue weighted by molar-refractivity contribution is -0.155. The summed E-state index contributed by atoms with van der Waals surface area (Å²) in [5.74, 6) is -0.588. The molecular formula is C8H10O4. The van der Waals surface area contributed by atoms with Gasteiger partial charge in [-0.1, -0.05) is 0 Å². The van der Waals surface area contributed by atoms with Crippen LogP contribution in [0, 0.1) is 0 Å². The van der Waals surface area contributed by atoms with Crippen molar-refractivity contribution in [1.82, 2.24) is 0 Å². The van der Waals surface area contributed by atoms with Gasteiger partial charge in [-0.2, -0.15) is 0 Å². The maximum Gasteiger partial charge on any atom is 0.347 e. The summed E-state index contributed by atoms with van der Waals surface area (Å²) < 4.78 is 9.57. The van der Waals surface area contributed by atoms with Gasteiger partial charge in [0.1, 0.15) is 0 Å². The van der Waals surface area contributed by atoms with Crippen LogP contribution >= 0.6 is 0 Å². The minimum atomic E-state index is -0.748. The number of carbonyl (C=O) groups is 2. The van der Waals surface area contributed by atoms with E-state index in [-0.39, 0.29) is 12.2 Å². The predicted octanol–water partition coefficient (Wildman–Crippen LogP) is 0.421. The van der Waals surface area contributed by atoms with Crippen molar-refractivity contribution in [3.63, 3.8) is 0 Å². The maximum atomic E-state index is 11.0. The van der Waals surface area contributed by atoms with E-state index in [4.69, 9.17) is 4.74 Å². The van der Waals surface area contributed by atoms with Crippen molar-refractivity contribution in [3.05, 3.63) is 12.3 Å². The lowest BCUT2D eigenvalue weighted by Gasteiger charge is -2.16. The van der Waals surface area contributed by atoms with E-state index in [2.05, 4.69) is 4.74 Å². The Balaban J connectivity index is 2.48. The van der Waals surface area contributed by atoms with Gasteiger partial charge >= 0.3 is 5.97 Å². The molecule has 1 atom stereocenters. The molecule has 1 rings (SSSR count). The fraction of sp³-hybridized carbons (Fsp3) is 0.500. The fourth-order valence-corrected chi connectivity index (χ4v) is 0.883. The first-order valence-electron chi connectivity index (χ1n) is 3.75. The molecule has 0 aromatic heterocycles. The van der Waals surface area contributed by atoms with Gasteiger partial charge in [-0.15, -0.1) is 0 Å². The summed E-state index contributed by atoms with van der Waals surface area (Å²) in [5, 5.41) is 0. The first-order valence-corrected chi connectivity index (χ1v) is 3.75. The van der Waals surface area contributed by atoms with Crippen LogP contribution in [-0.2, 0) is 19.1 Å². The molecule has 0 amide bonds. The molecule has 1 aliphatic heterocycles. The van der Waals surface area contributed by atoms with Gasteiger partial charge in [0, 0.05) is 6.08 Å². The summed E-state index contributed by atoms with van der Waals surface area (Å²) >= 11 is 0. The molecule has 1 aliphatic rings. The average molecular weight is 170 g/mol. The summed E-state index contributed by atoms with van der Waals surface area (Å²) in [4.78, 5) is 21.8. The lowest BCUT2D eigenvalue weighted by atomic mass is 10.1. The molecule has 0 fully saturated rings. The van der Waals surface area contributed by atoms with Crippen LogP contribution in [0.5, 0.6) is 0 Å². The third-order valence-corrected chi connectivity index (χ3v) is 1.43. The highest BCUT2D eigenvalue weighted by Gasteiger charge is 2.25. The first kappa shape index (κ1) is 8.77. The highest BCUT2D eigenvalue weighted by molar-refractivity contribution is 5.94. The Hall–Kier alpha value is -1.32. The number of rotatable bonds is 2. The van der Waals surface area contributed by atoms with E-state index < -0.39 is 12.1 Å². The minimum absolute atomic E-state index is 0.0787. The van der Waals surface area contributed by atoms with Gasteiger partial charge in [-0.3, -0.25) is 4.79 Å². The third kappa shape index (κ3) is 2.08. The fourth-order valence-electron chi connectivity index (χ4n) is 0.883. The standard InChI is InChI=1S/C8H10O4/c1-2-11-8(10)7-5-6(9)3-4-12-7/h3-4,7H,2,5H2,1H3. The second kappa shape index (κ2) is 3.90. The monoisotopic (exact) mass is 170 g/mol. The SMILES string of the molecule is CCOC(=O)C1CC(=O)C=CO1. The van der Waals surface area contributed by atoms with Gasteiger partial charge in [-0.05, 0) is 6.92 Å². The number of allylic oxidation sites excluding steroid dienone is 1. The molecule has 0 radical (unpaired) electrons. The lowest BCUT2D eigenvalue weighted by Crippen LogP contribution is -2.29. The van der Waals surface area contributed by atoms with Crippen molar-refractivity contribution in [3.8, 4) is 0 Å². The molecule has 1 heterocycles. The van der Waals surface area contributed by atoms with Gasteiger partial charge in [0.15, 0.2) is 5.78 Å². The molecule has 0 aromatic rings. The maximum absolute atomic E-state index is 11.0. The second-order valence-electron chi connectivity index (χ2n) is 2.35. The van der Waals surface area contributed by atoms with Gasteiger partial charge in [0.05, 0.1) is 19.3 Å². The molecule has 0 bridgehead atoms. The third-order valence-electron chi connectivity index (χ3n) is 1.43. The molecule has 0 saturated carbocycles. The number of carbonyl (C=O) groups excluding carboxylic acids is 2. The quantitative estimate of drug-likeness (QED) is 0.563. The van der Waals surface area contributed by atoms with Crippen LogP contribution < -0.4 is 0 Å². The molecule has 0 N–H and O–H groups in total. The summed E-state index contributed by atoms with van der Waals surface area (Å²) in [6.07, 6.45) is 1.86. The van der Waals surface area contributed by atoms with E-state index in [1.807, 2.05) is 0 Å². The Morgan fingerprint density at radius 3 is 3.17 bits per heavy atom. The van der Waals surface area contributed by atoms with Gasteiger partial charge < -0.3 is 9.47 Å². The summed E-state index contributed by atoms with van der Waals surface area (Å²) in [7, 11) is 0. The van der Waals surface area contributed by atoms with Crippen LogP contribution in [0.2, 0.25) is 0 Å². The Bertz CT molecular complexity index is 219. The van der Waals surface area contributed by atoms with Crippen molar-refractivity contribution in [1.29, 1.82) is 0 Å². The van der Waals surface area contributed by atoms with E-state index in [0.29, 0.717) is 6.61 Å². The average Bonchev–Trinajstić information content (AvgIpc) is 2.05. The van der Waals surface area contributed by atoms with Gasteiger partial charge in [0.2, 0.25) is 6.10 Å². The Morgan fingerprint density at radius 2 is 2.58 bits per heavy atom. The molecule has 4 nitrogen and oxygen atoms in total. The Kier molecular flexibility index (Phi) is 2.85. The number of ether oxygens (including phenoxy) is 2. The van der Waals surface area contributed by atoms with Crippen LogP contribution in [0.4, 0.5) is 0 Å². The molecular weight excluding hydrogens is 160 g/mol. The highest BCUT2D eigenvalue weighted by atomic mass is 16.6. The first-order chi connectivity index (χ1) is 5.74. The van der Waals surface area contributed by atoms with E-state index in [1.54, 1.807) is 6.92 Å². The van der Waals surface area contributed by atoms with Crippen LogP contribution in [0.25, 0.3) is 0 Å². The zero-order chi connectivity index (χ0) is 8.97. The molecule has 1 unspecified atom stereocenters. The van der Waals surface area contributed by atoms with Crippen LogP contribution in [-0.4, -0.2) is 24.5 Å². The van der Waals surface area contributed by atoms with E-state index in [0.717, 1.165) is 0 Å². The normalized spacial score (nSPS) is 21.8. The largest absolute Gasteiger partial charge is 0.486 e. The van der Waals surface area contributed by atoms with E-state index in [9.17, 15) is 9.59 Å². The van der Waals surface area contributed by atoms with Crippen molar-refractivity contribution in [2.45, 2.75) is 19.4 Å². The Morgan fingerprint density at radius 1 is 1.83 bits per heavy atom. The molecule has 4 heteroatoms. The van der Waals surface area contributed by atoms with Crippen LogP contribution in [0.3, 0.4) is 0 Å². The smallest absolute Gasteiger partial charge is 0.347 e. The van der Waals surface area contributed by atoms with Crippen molar-refractivity contribution in [2.24, 2.45) is 0 Å². The number of ketones is 1. The topological polar surface area (TPSA) is 52.6 Å². The zero-order valence-corrected chi connectivity index (χ0v) is 6.78. The van der Waals surface area contributed by atoms with Crippen molar-refractivity contribution in [2.75, 3.05) is 6.61 Å². The number of hydrogen-bond acceptors (Lipinski definition) is 4. The number of hydrogen-bond donors (Lipinski definition) is 0. The molecule has 0 saturated heterocycles. The van der Waals surface area contributed by atoms with Crippen molar-refractivity contribution < 1.29 is 19.1 Å². The van der Waals surface area contributed by atoms with Crippen LogP contribution in [0.15, 0.2) is 12.3 Å². The molecule has 0 aromatic carbocycles. The summed E-state index contributed by atoms with van der Waals surface area (Å²) in [5.41, 5.74) is 0. The minimum Gasteiger partial charge on any atom is -0.486 e. The molecule has 0 spiro atoms. The molecule has 66 valence electrons. The highest BCUT2D eigenvalue weighted by Crippen LogP contribution is 2.08. The predicted molar refractivity (Wildman–Crippen MR) is 40.3 cm³/mol. The van der Waals surface area contributed by atoms with Gasteiger partial charge in [-0.25, -0.2) is 4.79 Å². The molecule has 0 aliphatic carbocycles. The number of esters is 1. The Labute approximate surface area is 70.1 Å². The van der Waals surface area contributed by atoms with Crippen LogP contribution in [0.1, 0.15) is 13.3 Å². The zero-order valence-electron chi connectivity index (χ0n) is 6.78. The molecule has 12 heavy (non-hydrogen) atoms. The van der Waals surface area contributed by atoms with Crippen molar-refractivity contribution >= 4 is 11.8 Å².